The molecule has 0 saturated carbocycles. The van der Waals surface area contributed by atoms with Crippen LogP contribution in [0.2, 0.25) is 0 Å². The predicted molar refractivity (Wildman–Crippen MR) is 113 cm³/mol. The number of para-hydroxylation sites is 1. The van der Waals surface area contributed by atoms with Gasteiger partial charge >= 0.3 is 6.03 Å². The molecule has 1 aliphatic rings. The van der Waals surface area contributed by atoms with Crippen molar-refractivity contribution in [1.82, 2.24) is 4.90 Å². The highest BCUT2D eigenvalue weighted by Crippen LogP contribution is 2.25. The summed E-state index contributed by atoms with van der Waals surface area (Å²) in [5.74, 6) is 0.0254. The van der Waals surface area contributed by atoms with Gasteiger partial charge in [0.1, 0.15) is 0 Å². The van der Waals surface area contributed by atoms with Crippen LogP contribution in [0.25, 0.3) is 0 Å². The van der Waals surface area contributed by atoms with Gasteiger partial charge in [-0.3, -0.25) is 0 Å². The molecule has 1 N–H and O–H groups in total. The van der Waals surface area contributed by atoms with E-state index in [4.69, 9.17) is 0 Å². The Morgan fingerprint density at radius 3 is 2.54 bits per heavy atom. The van der Waals surface area contributed by atoms with Crippen LogP contribution in [-0.2, 0) is 16.4 Å². The molecule has 1 fully saturated rings. The number of sulfone groups is 1. The molecule has 0 aliphatic carbocycles. The number of nitrogens with zero attached hydrogens (tertiary/aromatic N) is 2. The van der Waals surface area contributed by atoms with Gasteiger partial charge in [-0.05, 0) is 42.7 Å². The molecule has 1 aliphatic heterocycles. The van der Waals surface area contributed by atoms with Gasteiger partial charge in [-0.2, -0.15) is 0 Å². The molecule has 7 heteroatoms. The average molecular weight is 402 g/mol. The average Bonchev–Trinajstić information content (AvgIpc) is 3.23. The van der Waals surface area contributed by atoms with Gasteiger partial charge in [0, 0.05) is 38.1 Å². The van der Waals surface area contributed by atoms with Crippen LogP contribution < -0.4 is 10.2 Å². The fraction of sp³-hybridized carbons (Fsp3) is 0.381. The van der Waals surface area contributed by atoms with Crippen LogP contribution in [0.5, 0.6) is 0 Å². The molecule has 3 rings (SSSR count). The summed E-state index contributed by atoms with van der Waals surface area (Å²) in [6, 6.07) is 14.3. The van der Waals surface area contributed by atoms with Gasteiger partial charge < -0.3 is 15.1 Å². The minimum Gasteiger partial charge on any atom is -0.371 e. The second-order valence-electron chi connectivity index (χ2n) is 7.04. The first-order valence-electron chi connectivity index (χ1n) is 9.58. The molecule has 0 aromatic heterocycles. The maximum absolute atomic E-state index is 12.6. The number of carbonyl (C=O) groups excluding carboxylic acids is 1. The lowest BCUT2D eigenvalue weighted by molar-refractivity contribution is 0.220. The SMILES string of the molecule is CCS(=O)(=O)c1cccc(NC(=O)N(C)Cc2ccccc2N2CCCC2)c1. The number of amides is 2. The van der Waals surface area contributed by atoms with Gasteiger partial charge in [0.15, 0.2) is 9.84 Å². The molecule has 1 saturated heterocycles. The Kier molecular flexibility index (Phi) is 6.24. The Morgan fingerprint density at radius 1 is 1.11 bits per heavy atom. The van der Waals surface area contributed by atoms with E-state index in [1.165, 1.54) is 24.6 Å². The van der Waals surface area contributed by atoms with Crippen molar-refractivity contribution < 1.29 is 13.2 Å². The molecular formula is C21H27N3O3S. The zero-order valence-electron chi connectivity index (χ0n) is 16.4. The number of anilines is 2. The van der Waals surface area contributed by atoms with Crippen LogP contribution in [-0.4, -0.2) is 45.2 Å². The summed E-state index contributed by atoms with van der Waals surface area (Å²) in [5.41, 5.74) is 2.75. The number of nitrogens with one attached hydrogen (secondary N) is 1. The van der Waals surface area contributed by atoms with E-state index in [0.29, 0.717) is 12.2 Å². The van der Waals surface area contributed by atoms with Crippen LogP contribution >= 0.6 is 0 Å². The topological polar surface area (TPSA) is 69.7 Å². The van der Waals surface area contributed by atoms with E-state index >= 15 is 0 Å². The normalized spacial score (nSPS) is 14.1. The predicted octanol–water partition coefficient (Wildman–Crippen LogP) is 3.74. The van der Waals surface area contributed by atoms with Gasteiger partial charge in [-0.1, -0.05) is 31.2 Å². The van der Waals surface area contributed by atoms with Crippen molar-refractivity contribution in [3.8, 4) is 0 Å². The number of hydrogen-bond donors (Lipinski definition) is 1. The molecule has 0 unspecified atom stereocenters. The number of carbonyl (C=O) groups is 1. The van der Waals surface area contributed by atoms with E-state index in [1.807, 2.05) is 18.2 Å². The maximum Gasteiger partial charge on any atom is 0.321 e. The summed E-state index contributed by atoms with van der Waals surface area (Å²) >= 11 is 0. The van der Waals surface area contributed by atoms with E-state index < -0.39 is 9.84 Å². The summed E-state index contributed by atoms with van der Waals surface area (Å²) in [4.78, 5) is 16.8. The molecule has 2 aromatic rings. The van der Waals surface area contributed by atoms with E-state index in [-0.39, 0.29) is 16.7 Å². The van der Waals surface area contributed by atoms with Crippen molar-refractivity contribution in [2.45, 2.75) is 31.2 Å². The van der Waals surface area contributed by atoms with Gasteiger partial charge in [0.25, 0.3) is 0 Å². The van der Waals surface area contributed by atoms with Crippen molar-refractivity contribution >= 4 is 27.2 Å². The minimum atomic E-state index is -3.31. The first-order chi connectivity index (χ1) is 13.4. The molecule has 0 atom stereocenters. The van der Waals surface area contributed by atoms with Crippen molar-refractivity contribution in [1.29, 1.82) is 0 Å². The Labute approximate surface area is 167 Å². The summed E-state index contributed by atoms with van der Waals surface area (Å²) in [7, 11) is -1.57. The van der Waals surface area contributed by atoms with E-state index in [1.54, 1.807) is 37.1 Å². The Bertz CT molecular complexity index is 937. The second-order valence-corrected chi connectivity index (χ2v) is 9.32. The third-order valence-electron chi connectivity index (χ3n) is 5.02. The Hall–Kier alpha value is -2.54. The highest BCUT2D eigenvalue weighted by molar-refractivity contribution is 7.91. The molecule has 1 heterocycles. The van der Waals surface area contributed by atoms with Gasteiger partial charge in [0.05, 0.1) is 10.6 Å². The third-order valence-corrected chi connectivity index (χ3v) is 6.75. The molecule has 28 heavy (non-hydrogen) atoms. The first kappa shape index (κ1) is 20.2. The van der Waals surface area contributed by atoms with Gasteiger partial charge in [-0.15, -0.1) is 0 Å². The number of benzene rings is 2. The zero-order valence-corrected chi connectivity index (χ0v) is 17.2. The molecule has 2 aromatic carbocycles. The minimum absolute atomic E-state index is 0.0254. The summed E-state index contributed by atoms with van der Waals surface area (Å²) in [5, 5.41) is 2.80. The van der Waals surface area contributed by atoms with E-state index in [2.05, 4.69) is 16.3 Å². The van der Waals surface area contributed by atoms with E-state index in [0.717, 1.165) is 18.7 Å². The van der Waals surface area contributed by atoms with E-state index in [9.17, 15) is 13.2 Å². The molecule has 150 valence electrons. The highest BCUT2D eigenvalue weighted by Gasteiger charge is 2.18. The molecule has 2 amide bonds. The fourth-order valence-electron chi connectivity index (χ4n) is 3.39. The summed E-state index contributed by atoms with van der Waals surface area (Å²) < 4.78 is 24.1. The Balaban J connectivity index is 1.70. The second kappa shape index (κ2) is 8.65. The summed E-state index contributed by atoms with van der Waals surface area (Å²) in [6.45, 7) is 4.18. The molecular weight excluding hydrogens is 374 g/mol. The molecule has 0 spiro atoms. The van der Waals surface area contributed by atoms with Crippen LogP contribution in [0.3, 0.4) is 0 Å². The summed E-state index contributed by atoms with van der Waals surface area (Å²) in [6.07, 6.45) is 2.39. The quantitative estimate of drug-likeness (QED) is 0.800. The van der Waals surface area contributed by atoms with Gasteiger partial charge in [0.2, 0.25) is 0 Å². The zero-order chi connectivity index (χ0) is 20.1. The van der Waals surface area contributed by atoms with Crippen LogP contribution in [0.4, 0.5) is 16.2 Å². The molecule has 0 radical (unpaired) electrons. The van der Waals surface area contributed by atoms with Crippen LogP contribution in [0, 0.1) is 0 Å². The molecule has 6 nitrogen and oxygen atoms in total. The lowest BCUT2D eigenvalue weighted by Crippen LogP contribution is -2.31. The van der Waals surface area contributed by atoms with Gasteiger partial charge in [-0.25, -0.2) is 13.2 Å². The number of urea groups is 1. The number of hydrogen-bond acceptors (Lipinski definition) is 4. The largest absolute Gasteiger partial charge is 0.371 e. The van der Waals surface area contributed by atoms with Crippen molar-refractivity contribution in [3.05, 3.63) is 54.1 Å². The smallest absolute Gasteiger partial charge is 0.321 e. The third kappa shape index (κ3) is 4.65. The lowest BCUT2D eigenvalue weighted by Gasteiger charge is -2.24. The lowest BCUT2D eigenvalue weighted by atomic mass is 10.1. The standard InChI is InChI=1S/C21H27N3O3S/c1-3-28(26,27)19-11-8-10-18(15-19)22-21(25)23(2)16-17-9-4-5-12-20(17)24-13-6-7-14-24/h4-5,8-12,15H,3,6-7,13-14,16H2,1-2H3,(H,22,25). The number of rotatable bonds is 6. The first-order valence-corrected chi connectivity index (χ1v) is 11.2. The fourth-order valence-corrected chi connectivity index (χ4v) is 4.32. The van der Waals surface area contributed by atoms with Crippen molar-refractivity contribution in [2.24, 2.45) is 0 Å². The van der Waals surface area contributed by atoms with Crippen molar-refractivity contribution in [3.63, 3.8) is 0 Å². The van der Waals surface area contributed by atoms with Crippen LogP contribution in [0.1, 0.15) is 25.3 Å². The highest BCUT2D eigenvalue weighted by atomic mass is 32.2. The Morgan fingerprint density at radius 2 is 1.82 bits per heavy atom. The maximum atomic E-state index is 12.6. The van der Waals surface area contributed by atoms with Crippen LogP contribution in [0.15, 0.2) is 53.4 Å². The van der Waals surface area contributed by atoms with Crippen molar-refractivity contribution in [2.75, 3.05) is 36.1 Å². The monoisotopic (exact) mass is 401 g/mol. The molecule has 0 bridgehead atoms.